The maximum absolute atomic E-state index is 10.9. The van der Waals surface area contributed by atoms with E-state index in [4.69, 9.17) is 10.4 Å². The summed E-state index contributed by atoms with van der Waals surface area (Å²) in [6.07, 6.45) is 0.859. The summed E-state index contributed by atoms with van der Waals surface area (Å²) in [4.78, 5) is 15.2. The highest BCUT2D eigenvalue weighted by atomic mass is 16.4. The van der Waals surface area contributed by atoms with E-state index in [-0.39, 0.29) is 5.41 Å². The second-order valence-corrected chi connectivity index (χ2v) is 5.64. The average Bonchev–Trinajstić information content (AvgIpc) is 2.36. The summed E-state index contributed by atoms with van der Waals surface area (Å²) in [5, 5.41) is 17.9. The molecule has 0 aromatic heterocycles. The first-order valence-electron chi connectivity index (χ1n) is 6.46. The number of carboxylic acid groups (broad SMARTS) is 1. The lowest BCUT2D eigenvalue weighted by Crippen LogP contribution is -2.52. The van der Waals surface area contributed by atoms with Crippen molar-refractivity contribution in [3.05, 3.63) is 0 Å². The molecule has 102 valence electrons. The van der Waals surface area contributed by atoms with E-state index in [2.05, 4.69) is 11.0 Å². The van der Waals surface area contributed by atoms with E-state index in [1.165, 1.54) is 0 Å². The fourth-order valence-corrected chi connectivity index (χ4v) is 2.02. The zero-order chi connectivity index (χ0) is 13.8. The molecule has 1 fully saturated rings. The predicted octanol–water partition coefficient (Wildman–Crippen LogP) is 1.02. The van der Waals surface area contributed by atoms with Crippen LogP contribution < -0.4 is 0 Å². The summed E-state index contributed by atoms with van der Waals surface area (Å²) >= 11 is 0. The molecule has 5 nitrogen and oxygen atoms in total. The van der Waals surface area contributed by atoms with Crippen LogP contribution in [0.25, 0.3) is 0 Å². The van der Waals surface area contributed by atoms with E-state index in [0.717, 1.165) is 39.1 Å². The smallest absolute Gasteiger partial charge is 0.320 e. The number of hydrogen-bond acceptors (Lipinski definition) is 4. The minimum Gasteiger partial charge on any atom is -0.480 e. The molecule has 1 aliphatic heterocycles. The van der Waals surface area contributed by atoms with E-state index in [1.54, 1.807) is 6.92 Å². The van der Waals surface area contributed by atoms with Gasteiger partial charge in [-0.2, -0.15) is 5.26 Å². The zero-order valence-corrected chi connectivity index (χ0v) is 11.5. The Morgan fingerprint density at radius 1 is 1.39 bits per heavy atom. The van der Waals surface area contributed by atoms with E-state index < -0.39 is 12.0 Å². The minimum atomic E-state index is -0.755. The fraction of sp³-hybridized carbons (Fsp3) is 0.846. The maximum atomic E-state index is 10.9. The molecule has 0 amide bonds. The van der Waals surface area contributed by atoms with Crippen LogP contribution in [0.1, 0.15) is 27.2 Å². The van der Waals surface area contributed by atoms with E-state index in [9.17, 15) is 4.79 Å². The van der Waals surface area contributed by atoms with Crippen LogP contribution in [0.2, 0.25) is 0 Å². The van der Waals surface area contributed by atoms with Gasteiger partial charge in [-0.15, -0.1) is 0 Å². The maximum Gasteiger partial charge on any atom is 0.320 e. The highest BCUT2D eigenvalue weighted by molar-refractivity contribution is 5.72. The Kier molecular flexibility index (Phi) is 5.12. The number of hydrogen-bond donors (Lipinski definition) is 1. The van der Waals surface area contributed by atoms with Gasteiger partial charge in [-0.05, 0) is 33.7 Å². The van der Waals surface area contributed by atoms with Gasteiger partial charge < -0.3 is 10.0 Å². The van der Waals surface area contributed by atoms with Crippen LogP contribution in [0.3, 0.4) is 0 Å². The normalized spacial score (nSPS) is 20.3. The van der Waals surface area contributed by atoms with Crippen LogP contribution >= 0.6 is 0 Å². The van der Waals surface area contributed by atoms with E-state index >= 15 is 0 Å². The molecule has 1 heterocycles. The summed E-state index contributed by atoms with van der Waals surface area (Å²) in [5.41, 5.74) is -0.272. The molecule has 0 bridgehead atoms. The Balaban J connectivity index is 2.32. The highest BCUT2D eigenvalue weighted by Crippen LogP contribution is 2.19. The molecule has 0 saturated carbocycles. The Hall–Kier alpha value is -1.12. The summed E-state index contributed by atoms with van der Waals surface area (Å²) in [6.45, 7) is 9.91. The van der Waals surface area contributed by atoms with Gasteiger partial charge in [0.05, 0.1) is 11.5 Å². The number of piperazine rings is 1. The van der Waals surface area contributed by atoms with Crippen molar-refractivity contribution in [1.82, 2.24) is 9.80 Å². The van der Waals surface area contributed by atoms with Crippen molar-refractivity contribution in [3.63, 3.8) is 0 Å². The standard InChI is InChI=1S/C13H23N3O2/c1-11(12(17)18)16-8-6-15(7-9-16)5-4-13(2,3)10-14/h11H,4-9H2,1-3H3,(H,17,18). The van der Waals surface area contributed by atoms with E-state index in [1.807, 2.05) is 18.7 Å². The van der Waals surface area contributed by atoms with Crippen LogP contribution in [0, 0.1) is 16.7 Å². The van der Waals surface area contributed by atoms with Crippen molar-refractivity contribution in [2.75, 3.05) is 32.7 Å². The molecule has 1 saturated heterocycles. The molecular formula is C13H23N3O2. The van der Waals surface area contributed by atoms with Gasteiger partial charge in [-0.1, -0.05) is 0 Å². The molecule has 1 rings (SSSR count). The third kappa shape index (κ3) is 4.28. The number of carbonyl (C=O) groups is 1. The first kappa shape index (κ1) is 14.9. The Labute approximate surface area is 109 Å². The number of carboxylic acids is 1. The number of aliphatic carboxylic acids is 1. The molecule has 18 heavy (non-hydrogen) atoms. The quantitative estimate of drug-likeness (QED) is 0.792. The van der Waals surface area contributed by atoms with Crippen molar-refractivity contribution in [1.29, 1.82) is 5.26 Å². The van der Waals surface area contributed by atoms with Crippen LogP contribution in [0.15, 0.2) is 0 Å². The predicted molar refractivity (Wildman–Crippen MR) is 69.1 cm³/mol. The lowest BCUT2D eigenvalue weighted by molar-refractivity contribution is -0.143. The summed E-state index contributed by atoms with van der Waals surface area (Å²) in [5.74, 6) is -0.755. The van der Waals surface area contributed by atoms with Gasteiger partial charge in [0.15, 0.2) is 0 Å². The van der Waals surface area contributed by atoms with Crippen molar-refractivity contribution < 1.29 is 9.90 Å². The molecule has 1 N–H and O–H groups in total. The number of rotatable bonds is 5. The van der Waals surface area contributed by atoms with E-state index in [0.29, 0.717) is 0 Å². The minimum absolute atomic E-state index is 0.272. The summed E-state index contributed by atoms with van der Waals surface area (Å²) in [7, 11) is 0. The second kappa shape index (κ2) is 6.17. The summed E-state index contributed by atoms with van der Waals surface area (Å²) in [6, 6.07) is 1.91. The van der Waals surface area contributed by atoms with Gasteiger partial charge in [0.2, 0.25) is 0 Å². The Morgan fingerprint density at radius 2 is 1.94 bits per heavy atom. The van der Waals surface area contributed by atoms with Gasteiger partial charge in [0, 0.05) is 26.2 Å². The second-order valence-electron chi connectivity index (χ2n) is 5.64. The molecule has 0 spiro atoms. The molecular weight excluding hydrogens is 230 g/mol. The van der Waals surface area contributed by atoms with Gasteiger partial charge in [0.25, 0.3) is 0 Å². The average molecular weight is 253 g/mol. The fourth-order valence-electron chi connectivity index (χ4n) is 2.02. The van der Waals surface area contributed by atoms with Gasteiger partial charge >= 0.3 is 5.97 Å². The van der Waals surface area contributed by atoms with Gasteiger partial charge in [0.1, 0.15) is 6.04 Å². The van der Waals surface area contributed by atoms with Crippen molar-refractivity contribution >= 4 is 5.97 Å². The highest BCUT2D eigenvalue weighted by Gasteiger charge is 2.26. The molecule has 0 aromatic rings. The summed E-state index contributed by atoms with van der Waals surface area (Å²) < 4.78 is 0. The number of nitrogens with zero attached hydrogens (tertiary/aromatic N) is 3. The van der Waals surface area contributed by atoms with Crippen molar-refractivity contribution in [2.24, 2.45) is 5.41 Å². The molecule has 0 aromatic carbocycles. The lowest BCUT2D eigenvalue weighted by atomic mass is 9.91. The van der Waals surface area contributed by atoms with Crippen molar-refractivity contribution in [2.45, 2.75) is 33.2 Å². The Bertz CT molecular complexity index is 328. The molecule has 0 aliphatic carbocycles. The monoisotopic (exact) mass is 253 g/mol. The van der Waals surface area contributed by atoms with Crippen LogP contribution in [-0.2, 0) is 4.79 Å². The third-order valence-corrected chi connectivity index (χ3v) is 3.67. The molecule has 5 heteroatoms. The van der Waals surface area contributed by atoms with Crippen LogP contribution in [0.5, 0.6) is 0 Å². The molecule has 1 aliphatic rings. The molecule has 1 unspecified atom stereocenters. The van der Waals surface area contributed by atoms with Gasteiger partial charge in [-0.3, -0.25) is 9.69 Å². The molecule has 1 atom stereocenters. The molecule has 0 radical (unpaired) electrons. The topological polar surface area (TPSA) is 67.6 Å². The van der Waals surface area contributed by atoms with Crippen LogP contribution in [-0.4, -0.2) is 59.6 Å². The third-order valence-electron chi connectivity index (χ3n) is 3.67. The first-order valence-corrected chi connectivity index (χ1v) is 6.46. The zero-order valence-electron chi connectivity index (χ0n) is 11.5. The largest absolute Gasteiger partial charge is 0.480 e. The Morgan fingerprint density at radius 3 is 2.39 bits per heavy atom. The lowest BCUT2D eigenvalue weighted by Gasteiger charge is -2.37. The van der Waals surface area contributed by atoms with Crippen LogP contribution in [0.4, 0.5) is 0 Å². The van der Waals surface area contributed by atoms with Gasteiger partial charge in [-0.25, -0.2) is 0 Å². The van der Waals surface area contributed by atoms with Crippen molar-refractivity contribution in [3.8, 4) is 6.07 Å². The first-order chi connectivity index (χ1) is 8.35. The number of nitriles is 1. The SMILES string of the molecule is CC(C(=O)O)N1CCN(CCC(C)(C)C#N)CC1.